The van der Waals surface area contributed by atoms with Crippen molar-refractivity contribution in [3.63, 3.8) is 0 Å². The number of hydrogen-bond acceptors (Lipinski definition) is 6. The van der Waals surface area contributed by atoms with E-state index >= 15 is 0 Å². The second-order valence-electron chi connectivity index (χ2n) is 10.1. The first-order chi connectivity index (χ1) is 24.2. The van der Waals surface area contributed by atoms with Gasteiger partial charge in [0.2, 0.25) is 0 Å². The van der Waals surface area contributed by atoms with Gasteiger partial charge in [0.05, 0.1) is 13.1 Å². The maximum Gasteiger partial charge on any atom is 1.00 e. The molecular formula is C33H37B2F4N8O2PRu. The summed E-state index contributed by atoms with van der Waals surface area (Å²) in [6.45, 7) is 3.81. The van der Waals surface area contributed by atoms with E-state index in [1.807, 2.05) is 49.0 Å². The number of benzene rings is 3. The number of halogens is 4. The third-order valence-electron chi connectivity index (χ3n) is 6.49. The van der Waals surface area contributed by atoms with Crippen LogP contribution in [0.15, 0.2) is 164 Å². The minimum atomic E-state index is -6.00. The number of aliphatic hydroxyl groups is 1. The van der Waals surface area contributed by atoms with E-state index < -0.39 is 15.2 Å². The molecule has 268 valence electrons. The first-order valence-electron chi connectivity index (χ1n) is 15.5. The molecule has 3 heterocycles. The fourth-order valence-corrected chi connectivity index (χ4v) is 6.69. The molecule has 0 fully saturated rings. The number of nitrogens with zero attached hydrogens (tertiary/aromatic N) is 7. The van der Waals surface area contributed by atoms with Crippen LogP contribution in [-0.2, 0) is 19.5 Å². The van der Waals surface area contributed by atoms with Crippen LogP contribution in [0.1, 0.15) is 13.3 Å². The molecule has 0 bridgehead atoms. The average Bonchev–Trinajstić information content (AvgIpc) is 3.95. The van der Waals surface area contributed by atoms with Gasteiger partial charge in [-0.1, -0.05) is 91.0 Å². The van der Waals surface area contributed by atoms with Crippen LogP contribution in [0.2, 0.25) is 0 Å². The molecule has 0 amide bonds. The summed E-state index contributed by atoms with van der Waals surface area (Å²) < 4.78 is 44.4. The molecule has 2 radical (unpaired) electrons. The van der Waals surface area contributed by atoms with Crippen LogP contribution < -0.4 is 21.2 Å². The Morgan fingerprint density at radius 2 is 1.10 bits per heavy atom. The molecule has 51 heavy (non-hydrogen) atoms. The smallest absolute Gasteiger partial charge is 0.514 e. The molecule has 0 aliphatic heterocycles. The number of aliphatic hydroxyl groups excluding tert-OH is 1. The summed E-state index contributed by atoms with van der Waals surface area (Å²) in [6.07, 6.45) is 12.2. The number of nitrogens with two attached hydrogens (primary N) is 1. The van der Waals surface area contributed by atoms with Crippen LogP contribution in [0.4, 0.5) is 17.3 Å². The SMILES string of the molecule is CC[NH2+]CC/C(=C/O)N=O.F[B-](F)(F)F.[Ru+].c1ccc(P(c2ccccc2)c2ccccc2)cc1.c1cnn([B-](n2cccn2)n2cccn2)c1. The van der Waals surface area contributed by atoms with Crippen LogP contribution in [0.5, 0.6) is 0 Å². The minimum absolute atomic E-state index is 0. The van der Waals surface area contributed by atoms with Crippen LogP contribution in [0, 0.1) is 4.91 Å². The molecule has 6 rings (SSSR count). The summed E-state index contributed by atoms with van der Waals surface area (Å²) in [5.74, 6) is 0. The Morgan fingerprint density at radius 3 is 1.35 bits per heavy atom. The predicted molar refractivity (Wildman–Crippen MR) is 192 cm³/mol. The summed E-state index contributed by atoms with van der Waals surface area (Å²) in [7, 11) is -6.64. The molecule has 0 atom stereocenters. The largest absolute Gasteiger partial charge is 1.00 e. The molecule has 0 aliphatic rings. The molecular weight excluding hydrogens is 770 g/mol. The monoisotopic (exact) mass is 808 g/mol. The van der Waals surface area contributed by atoms with Gasteiger partial charge in [-0.3, -0.25) is 0 Å². The van der Waals surface area contributed by atoms with Crippen LogP contribution in [0.3, 0.4) is 0 Å². The average molecular weight is 807 g/mol. The van der Waals surface area contributed by atoms with E-state index in [9.17, 15) is 22.2 Å². The van der Waals surface area contributed by atoms with Gasteiger partial charge in [0.15, 0.2) is 0 Å². The maximum atomic E-state index is 9.84. The zero-order valence-corrected chi connectivity index (χ0v) is 30.2. The molecule has 18 heteroatoms. The molecule has 0 aliphatic carbocycles. The zero-order valence-electron chi connectivity index (χ0n) is 27.6. The normalized spacial score (nSPS) is 10.8. The molecule has 3 aromatic carbocycles. The van der Waals surface area contributed by atoms with Crippen LogP contribution >= 0.6 is 7.92 Å². The van der Waals surface area contributed by atoms with Gasteiger partial charge in [-0.15, -0.1) is 4.91 Å². The van der Waals surface area contributed by atoms with Crippen molar-refractivity contribution < 1.29 is 47.2 Å². The Morgan fingerprint density at radius 1 is 0.745 bits per heavy atom. The molecule has 3 N–H and O–H groups in total. The minimum Gasteiger partial charge on any atom is -0.514 e. The topological polar surface area (TPSA) is 120 Å². The Kier molecular flexibility index (Phi) is 19.7. The van der Waals surface area contributed by atoms with E-state index in [-0.39, 0.29) is 32.3 Å². The van der Waals surface area contributed by atoms with E-state index in [2.05, 4.69) is 111 Å². The van der Waals surface area contributed by atoms with Crippen molar-refractivity contribution >= 4 is 38.2 Å². The summed E-state index contributed by atoms with van der Waals surface area (Å²) in [6, 6.07) is 38.0. The molecule has 3 aromatic heterocycles. The quantitative estimate of drug-likeness (QED) is 0.0474. The number of nitroso groups, excluding NO2 is 1. The van der Waals surface area contributed by atoms with Crippen LogP contribution in [0.25, 0.3) is 0 Å². The van der Waals surface area contributed by atoms with Crippen molar-refractivity contribution in [3.8, 4) is 0 Å². The zero-order chi connectivity index (χ0) is 36.0. The van der Waals surface area contributed by atoms with E-state index in [1.54, 1.807) is 32.4 Å². The molecule has 6 aromatic rings. The van der Waals surface area contributed by atoms with Crippen molar-refractivity contribution in [1.29, 1.82) is 0 Å². The van der Waals surface area contributed by atoms with Gasteiger partial charge in [-0.2, -0.15) is 0 Å². The number of quaternary nitrogens is 1. The molecule has 0 saturated carbocycles. The Balaban J connectivity index is 0.000000256. The third-order valence-corrected chi connectivity index (χ3v) is 8.93. The number of rotatable bonds is 11. The second-order valence-corrected chi connectivity index (χ2v) is 12.3. The molecule has 10 nitrogen and oxygen atoms in total. The first kappa shape index (κ1) is 42.5. The van der Waals surface area contributed by atoms with Gasteiger partial charge >= 0.3 is 26.7 Å². The maximum absolute atomic E-state index is 9.84. The van der Waals surface area contributed by atoms with Crippen molar-refractivity contribution in [2.24, 2.45) is 5.18 Å². The Hall–Kier alpha value is -4.71. The summed E-state index contributed by atoms with van der Waals surface area (Å²) in [5.41, 5.74) is 0.213. The molecule has 0 spiro atoms. The third kappa shape index (κ3) is 15.8. The fourth-order valence-electron chi connectivity index (χ4n) is 4.38. The Labute approximate surface area is 308 Å². The van der Waals surface area contributed by atoms with E-state index in [0.717, 1.165) is 19.4 Å². The van der Waals surface area contributed by atoms with Crippen molar-refractivity contribution in [2.75, 3.05) is 13.1 Å². The van der Waals surface area contributed by atoms with Crippen LogP contribution in [-0.4, -0.2) is 61.6 Å². The summed E-state index contributed by atoms with van der Waals surface area (Å²) in [5, 5.41) is 29.9. The van der Waals surface area contributed by atoms with Crippen molar-refractivity contribution in [2.45, 2.75) is 13.3 Å². The van der Waals surface area contributed by atoms with Gasteiger partial charge in [-0.05, 0) is 72.7 Å². The summed E-state index contributed by atoms with van der Waals surface area (Å²) >= 11 is 0. The van der Waals surface area contributed by atoms with Gasteiger partial charge < -0.3 is 41.5 Å². The first-order valence-corrected chi connectivity index (χ1v) is 16.9. The molecule has 0 unspecified atom stereocenters. The molecule has 0 saturated heterocycles. The second kappa shape index (κ2) is 23.7. The predicted octanol–water partition coefficient (Wildman–Crippen LogP) is 5.07. The van der Waals surface area contributed by atoms with Gasteiger partial charge in [-0.25, -0.2) is 15.3 Å². The van der Waals surface area contributed by atoms with Crippen molar-refractivity contribution in [3.05, 3.63) is 163 Å². The van der Waals surface area contributed by atoms with E-state index in [4.69, 9.17) is 5.11 Å². The number of aromatic nitrogens is 6. The standard InChI is InChI=1S/C18H15P.C9H9BN6.C6H12N2O2.BF4.Ru/c1-4-10-16(11-5-1)19(17-12-6-2-7-13-17)18-14-8-3-9-15-18;1-4-11-14(7-1)10(15-8-2-5-12-15)16-9-3-6-13-16;1-2-7-4-3-6(5-9)8-10;2-1(3,4)5;/h1-15H;1-9H;5,7,9H,2-4H2,1H3;;/q;-1;;-1;+1/p+1/b;;6-5-;;. The summed E-state index contributed by atoms with van der Waals surface area (Å²) in [4.78, 5) is 9.84. The van der Waals surface area contributed by atoms with Crippen molar-refractivity contribution in [1.82, 2.24) is 29.1 Å². The number of hydrogen-bond donors (Lipinski definition) is 2. The van der Waals surface area contributed by atoms with E-state index in [0.29, 0.717) is 6.42 Å². The Bertz CT molecular complexity index is 1580. The van der Waals surface area contributed by atoms with Gasteiger partial charge in [0.1, 0.15) is 12.0 Å². The van der Waals surface area contributed by atoms with Gasteiger partial charge in [0, 0.05) is 25.0 Å². The fraction of sp³-hybridized carbons (Fsp3) is 0.121. The van der Waals surface area contributed by atoms with E-state index in [1.165, 1.54) is 15.9 Å². The van der Waals surface area contributed by atoms with Gasteiger partial charge in [0.25, 0.3) is 7.12 Å².